The van der Waals surface area contributed by atoms with Gasteiger partial charge in [0.05, 0.1) is 18.0 Å². The van der Waals surface area contributed by atoms with Gasteiger partial charge in [0.1, 0.15) is 11.0 Å². The molecule has 31 heavy (non-hydrogen) atoms. The van der Waals surface area contributed by atoms with E-state index in [0.717, 1.165) is 47.2 Å². The van der Waals surface area contributed by atoms with Crippen molar-refractivity contribution in [2.24, 2.45) is 0 Å². The van der Waals surface area contributed by atoms with Crippen LogP contribution in [0.5, 0.6) is 5.88 Å². The van der Waals surface area contributed by atoms with Crippen LogP contribution in [0.3, 0.4) is 0 Å². The van der Waals surface area contributed by atoms with E-state index in [0.29, 0.717) is 5.88 Å². The summed E-state index contributed by atoms with van der Waals surface area (Å²) in [7, 11) is 0.00802. The topological polar surface area (TPSA) is 80.3 Å². The van der Waals surface area contributed by atoms with Crippen LogP contribution < -0.4 is 14.8 Å². The number of ether oxygens (including phenoxy) is 1. The van der Waals surface area contributed by atoms with Gasteiger partial charge in [0.2, 0.25) is 5.88 Å². The van der Waals surface area contributed by atoms with E-state index in [-0.39, 0.29) is 5.25 Å². The Morgan fingerprint density at radius 1 is 1.13 bits per heavy atom. The minimum absolute atomic E-state index is 0.322. The van der Waals surface area contributed by atoms with Gasteiger partial charge in [-0.1, -0.05) is 42.5 Å². The second-order valence-electron chi connectivity index (χ2n) is 7.47. The quantitative estimate of drug-likeness (QED) is 0.583. The summed E-state index contributed by atoms with van der Waals surface area (Å²) in [5.74, 6) is 0.506. The summed E-state index contributed by atoms with van der Waals surface area (Å²) in [5, 5.41) is 2.66. The number of hydrogen-bond acceptors (Lipinski definition) is 4. The molecule has 160 valence electrons. The normalized spacial score (nSPS) is 14.4. The molecule has 2 unspecified atom stereocenters. The van der Waals surface area contributed by atoms with Gasteiger partial charge in [-0.15, -0.1) is 0 Å². The first-order chi connectivity index (χ1) is 15.1. The fourth-order valence-electron chi connectivity index (χ4n) is 3.90. The molecule has 7 heteroatoms. The number of urea groups is 1. The molecule has 0 aliphatic heterocycles. The van der Waals surface area contributed by atoms with Gasteiger partial charge in [-0.2, -0.15) is 0 Å². The Labute approximate surface area is 184 Å². The maximum Gasteiger partial charge on any atom is 0.331 e. The van der Waals surface area contributed by atoms with Crippen molar-refractivity contribution in [2.45, 2.75) is 31.4 Å². The summed E-state index contributed by atoms with van der Waals surface area (Å²) in [6.45, 7) is 1.83. The molecule has 2 N–H and O–H groups in total. The molecule has 1 aliphatic carbocycles. The van der Waals surface area contributed by atoms with E-state index in [1.54, 1.807) is 13.3 Å². The molecule has 2 aromatic carbocycles. The summed E-state index contributed by atoms with van der Waals surface area (Å²) in [6, 6.07) is 16.9. The van der Waals surface area contributed by atoms with Crippen molar-refractivity contribution in [3.05, 3.63) is 77.5 Å². The van der Waals surface area contributed by atoms with Gasteiger partial charge in [-0.3, -0.25) is 4.72 Å². The number of fused-ring (bicyclic) bond motifs is 1. The molecule has 0 spiro atoms. The lowest BCUT2D eigenvalue weighted by Gasteiger charge is -2.18. The molecule has 0 saturated carbocycles. The number of aryl methyl sites for hydroxylation is 1. The number of rotatable bonds is 6. The number of carbonyl (C=O) groups excluding carboxylic acids is 1. The number of hydrogen-bond donors (Lipinski definition) is 2. The lowest BCUT2D eigenvalue weighted by Crippen LogP contribution is -2.33. The predicted molar refractivity (Wildman–Crippen MR) is 123 cm³/mol. The summed E-state index contributed by atoms with van der Waals surface area (Å²) < 4.78 is 20.6. The van der Waals surface area contributed by atoms with Gasteiger partial charge in [0, 0.05) is 17.8 Å². The van der Waals surface area contributed by atoms with E-state index in [4.69, 9.17) is 4.74 Å². The molecule has 0 saturated heterocycles. The van der Waals surface area contributed by atoms with Crippen molar-refractivity contribution < 1.29 is 13.7 Å². The van der Waals surface area contributed by atoms with Crippen LogP contribution in [0.2, 0.25) is 0 Å². The Morgan fingerprint density at radius 3 is 2.71 bits per heavy atom. The lowest BCUT2D eigenvalue weighted by molar-refractivity contribution is 0.257. The van der Waals surface area contributed by atoms with E-state index in [1.807, 2.05) is 55.5 Å². The smallest absolute Gasteiger partial charge is 0.331 e. The molecular formula is C24H25N3O3S. The third-order valence-corrected chi connectivity index (χ3v) is 6.86. The zero-order valence-electron chi connectivity index (χ0n) is 17.6. The van der Waals surface area contributed by atoms with Crippen LogP contribution in [0, 0.1) is 0 Å². The van der Waals surface area contributed by atoms with Gasteiger partial charge in [-0.25, -0.2) is 14.0 Å². The summed E-state index contributed by atoms with van der Waals surface area (Å²) >= 11 is 0. The number of nitrogens with one attached hydrogen (secondary N) is 2. The fourth-order valence-corrected chi connectivity index (χ4v) is 4.72. The van der Waals surface area contributed by atoms with Crippen LogP contribution in [0.1, 0.15) is 35.3 Å². The van der Waals surface area contributed by atoms with Gasteiger partial charge < -0.3 is 10.1 Å². The number of benzene rings is 2. The Morgan fingerprint density at radius 2 is 1.94 bits per heavy atom. The average Bonchev–Trinajstić information content (AvgIpc) is 3.28. The summed E-state index contributed by atoms with van der Waals surface area (Å²) in [4.78, 5) is 17.0. The predicted octanol–water partition coefficient (Wildman–Crippen LogP) is 4.79. The van der Waals surface area contributed by atoms with Crippen LogP contribution in [0.4, 0.5) is 10.5 Å². The fraction of sp³-hybridized carbons (Fsp3) is 0.250. The molecule has 2 amide bonds. The van der Waals surface area contributed by atoms with Crippen molar-refractivity contribution >= 4 is 22.7 Å². The zero-order valence-corrected chi connectivity index (χ0v) is 18.4. The third-order valence-electron chi connectivity index (χ3n) is 5.56. The van der Waals surface area contributed by atoms with E-state index >= 15 is 0 Å². The van der Waals surface area contributed by atoms with Crippen LogP contribution in [0.25, 0.3) is 11.1 Å². The Balaban J connectivity index is 1.59. The van der Waals surface area contributed by atoms with Crippen molar-refractivity contribution in [1.82, 2.24) is 9.71 Å². The number of aromatic nitrogens is 1. The van der Waals surface area contributed by atoms with Gasteiger partial charge in [0.15, 0.2) is 0 Å². The molecule has 1 aromatic heterocycles. The second-order valence-corrected chi connectivity index (χ2v) is 8.98. The van der Waals surface area contributed by atoms with Gasteiger partial charge in [-0.05, 0) is 54.5 Å². The highest BCUT2D eigenvalue weighted by Gasteiger charge is 2.22. The molecule has 2 atom stereocenters. The maximum absolute atomic E-state index is 12.8. The number of anilines is 1. The molecule has 4 rings (SSSR count). The Bertz CT molecular complexity index is 1120. The number of nitrogens with zero attached hydrogens (tertiary/aromatic N) is 1. The number of pyridine rings is 1. The molecule has 3 aromatic rings. The van der Waals surface area contributed by atoms with Crippen molar-refractivity contribution in [2.75, 3.05) is 12.4 Å². The average molecular weight is 436 g/mol. The highest BCUT2D eigenvalue weighted by Crippen LogP contribution is 2.38. The Hall–Kier alpha value is -3.19. The molecule has 1 aliphatic rings. The first-order valence-electron chi connectivity index (χ1n) is 10.2. The SMILES string of the molecule is COc1cc(-c2ccc3c(c2NC(=O)NS(=O)C(C)c2ccccc2)CCC3)ccn1. The molecule has 0 bridgehead atoms. The monoisotopic (exact) mass is 435 g/mol. The first kappa shape index (κ1) is 21.1. The Kier molecular flexibility index (Phi) is 6.32. The van der Waals surface area contributed by atoms with Crippen LogP contribution in [-0.2, 0) is 23.8 Å². The van der Waals surface area contributed by atoms with Crippen molar-refractivity contribution in [3.8, 4) is 17.0 Å². The largest absolute Gasteiger partial charge is 0.481 e. The van der Waals surface area contributed by atoms with Gasteiger partial charge >= 0.3 is 6.03 Å². The minimum atomic E-state index is -1.57. The molecule has 6 nitrogen and oxygen atoms in total. The summed E-state index contributed by atoms with van der Waals surface area (Å²) in [5.41, 5.74) is 5.81. The number of carbonyl (C=O) groups is 1. The van der Waals surface area contributed by atoms with E-state index in [2.05, 4.69) is 21.1 Å². The molecule has 1 heterocycles. The van der Waals surface area contributed by atoms with E-state index in [9.17, 15) is 9.00 Å². The maximum atomic E-state index is 12.8. The van der Waals surface area contributed by atoms with E-state index < -0.39 is 17.0 Å². The van der Waals surface area contributed by atoms with Crippen LogP contribution in [0.15, 0.2) is 60.8 Å². The minimum Gasteiger partial charge on any atom is -0.481 e. The second kappa shape index (κ2) is 9.31. The van der Waals surface area contributed by atoms with Gasteiger partial charge in [0.25, 0.3) is 0 Å². The zero-order chi connectivity index (χ0) is 21.8. The third kappa shape index (κ3) is 4.61. The van der Waals surface area contributed by atoms with E-state index in [1.165, 1.54) is 5.56 Å². The highest BCUT2D eigenvalue weighted by molar-refractivity contribution is 7.83. The standard InChI is InChI=1S/C24H25N3O3S/c1-16(17-7-4-3-5-8-17)31(29)27-24(28)26-23-20-10-6-9-18(20)11-12-21(23)19-13-14-25-22(15-19)30-2/h3-5,7-8,11-16H,6,9-10H2,1-2H3,(H2,26,27,28). The highest BCUT2D eigenvalue weighted by atomic mass is 32.2. The molecule has 0 radical (unpaired) electrons. The number of methoxy groups -OCH3 is 1. The molecular weight excluding hydrogens is 410 g/mol. The first-order valence-corrected chi connectivity index (χ1v) is 11.5. The summed E-state index contributed by atoms with van der Waals surface area (Å²) in [6.07, 6.45) is 4.61. The van der Waals surface area contributed by atoms with Crippen LogP contribution >= 0.6 is 0 Å². The van der Waals surface area contributed by atoms with Crippen LogP contribution in [-0.4, -0.2) is 22.3 Å². The molecule has 0 fully saturated rings. The van der Waals surface area contributed by atoms with Crippen molar-refractivity contribution in [1.29, 1.82) is 0 Å². The van der Waals surface area contributed by atoms with Crippen molar-refractivity contribution in [3.63, 3.8) is 0 Å². The lowest BCUT2D eigenvalue weighted by atomic mass is 9.98. The number of amides is 2.